The van der Waals surface area contributed by atoms with E-state index in [1.54, 1.807) is 12.2 Å². The van der Waals surface area contributed by atoms with Crippen molar-refractivity contribution >= 4 is 6.09 Å². The molecule has 0 aromatic carbocycles. The van der Waals surface area contributed by atoms with Crippen molar-refractivity contribution in [2.75, 3.05) is 13.1 Å². The molecular formula is C6H8N4O2. The van der Waals surface area contributed by atoms with Crippen molar-refractivity contribution in [2.24, 2.45) is 5.11 Å². The standard InChI is InChI=1S/C6H8N4O2/c7-9-8-5-2-1-3-10(4-5)6(11)12/h1-2,5H,3-4H2,(H,11,12). The van der Waals surface area contributed by atoms with Gasteiger partial charge >= 0.3 is 6.09 Å². The Morgan fingerprint density at radius 3 is 3.17 bits per heavy atom. The predicted octanol–water partition coefficient (Wildman–Crippen LogP) is 1.22. The molecule has 1 aliphatic heterocycles. The summed E-state index contributed by atoms with van der Waals surface area (Å²) < 4.78 is 0. The van der Waals surface area contributed by atoms with E-state index in [4.69, 9.17) is 10.6 Å². The highest BCUT2D eigenvalue weighted by Gasteiger charge is 2.17. The smallest absolute Gasteiger partial charge is 0.407 e. The molecule has 0 aromatic heterocycles. The summed E-state index contributed by atoms with van der Waals surface area (Å²) in [6, 6.07) is -0.361. The fraction of sp³-hybridized carbons (Fsp3) is 0.500. The van der Waals surface area contributed by atoms with Gasteiger partial charge in [-0.2, -0.15) is 0 Å². The van der Waals surface area contributed by atoms with Gasteiger partial charge in [-0.25, -0.2) is 4.79 Å². The summed E-state index contributed by atoms with van der Waals surface area (Å²) in [6.07, 6.45) is 2.40. The van der Waals surface area contributed by atoms with Gasteiger partial charge in [-0.05, 0) is 5.53 Å². The number of carbonyl (C=O) groups is 1. The lowest BCUT2D eigenvalue weighted by Gasteiger charge is -2.23. The van der Waals surface area contributed by atoms with E-state index < -0.39 is 6.09 Å². The van der Waals surface area contributed by atoms with Crippen LogP contribution in [0.4, 0.5) is 4.79 Å². The molecule has 12 heavy (non-hydrogen) atoms. The molecule has 0 bridgehead atoms. The Morgan fingerprint density at radius 1 is 1.83 bits per heavy atom. The Labute approximate surface area is 68.7 Å². The van der Waals surface area contributed by atoms with Crippen LogP contribution in [-0.4, -0.2) is 35.2 Å². The zero-order valence-electron chi connectivity index (χ0n) is 6.29. The third-order valence-corrected chi connectivity index (χ3v) is 1.56. The molecule has 6 nitrogen and oxygen atoms in total. The maximum Gasteiger partial charge on any atom is 0.407 e. The van der Waals surface area contributed by atoms with Crippen LogP contribution in [0.25, 0.3) is 10.4 Å². The molecule has 1 aliphatic rings. The Kier molecular flexibility index (Phi) is 2.55. The first-order chi connectivity index (χ1) is 5.74. The van der Waals surface area contributed by atoms with Gasteiger partial charge in [0.15, 0.2) is 0 Å². The first-order valence-electron chi connectivity index (χ1n) is 3.43. The van der Waals surface area contributed by atoms with Crippen molar-refractivity contribution in [1.82, 2.24) is 4.90 Å². The van der Waals surface area contributed by atoms with Crippen LogP contribution in [0.2, 0.25) is 0 Å². The second-order valence-corrected chi connectivity index (χ2v) is 2.39. The van der Waals surface area contributed by atoms with Crippen LogP contribution in [0.1, 0.15) is 0 Å². The van der Waals surface area contributed by atoms with Crippen LogP contribution >= 0.6 is 0 Å². The zero-order valence-corrected chi connectivity index (χ0v) is 6.29. The normalized spacial score (nSPS) is 21.7. The Balaban J connectivity index is 2.62. The first kappa shape index (κ1) is 8.42. The molecule has 1 rings (SSSR count). The fourth-order valence-corrected chi connectivity index (χ4v) is 1.00. The summed E-state index contributed by atoms with van der Waals surface area (Å²) in [5.41, 5.74) is 8.10. The van der Waals surface area contributed by atoms with E-state index in [1.807, 2.05) is 0 Å². The molecular weight excluding hydrogens is 160 g/mol. The van der Waals surface area contributed by atoms with Crippen molar-refractivity contribution in [3.63, 3.8) is 0 Å². The van der Waals surface area contributed by atoms with Crippen molar-refractivity contribution in [2.45, 2.75) is 6.04 Å². The molecule has 6 heteroatoms. The van der Waals surface area contributed by atoms with Crippen LogP contribution in [0.3, 0.4) is 0 Å². The molecule has 0 aromatic rings. The predicted molar refractivity (Wildman–Crippen MR) is 41.7 cm³/mol. The number of amides is 1. The second kappa shape index (κ2) is 3.64. The summed E-state index contributed by atoms with van der Waals surface area (Å²) >= 11 is 0. The summed E-state index contributed by atoms with van der Waals surface area (Å²) in [7, 11) is 0. The minimum Gasteiger partial charge on any atom is -0.465 e. The highest BCUT2D eigenvalue weighted by atomic mass is 16.4. The monoisotopic (exact) mass is 168 g/mol. The highest BCUT2D eigenvalue weighted by molar-refractivity contribution is 5.65. The van der Waals surface area contributed by atoms with Gasteiger partial charge in [0.2, 0.25) is 0 Å². The average molecular weight is 168 g/mol. The molecule has 1 atom stereocenters. The minimum atomic E-state index is -0.988. The van der Waals surface area contributed by atoms with Crippen molar-refractivity contribution in [3.05, 3.63) is 22.6 Å². The van der Waals surface area contributed by atoms with Crippen LogP contribution in [0.15, 0.2) is 17.3 Å². The van der Waals surface area contributed by atoms with Gasteiger partial charge in [0, 0.05) is 18.0 Å². The molecule has 64 valence electrons. The minimum absolute atomic E-state index is 0.246. The molecule has 1 heterocycles. The first-order valence-corrected chi connectivity index (χ1v) is 3.43. The Hall–Kier alpha value is -1.68. The zero-order chi connectivity index (χ0) is 8.97. The molecule has 0 aliphatic carbocycles. The number of rotatable bonds is 1. The van der Waals surface area contributed by atoms with Crippen LogP contribution in [0, 0.1) is 0 Å². The summed E-state index contributed by atoms with van der Waals surface area (Å²) in [6.45, 7) is 0.614. The number of azide groups is 1. The van der Waals surface area contributed by atoms with Crippen molar-refractivity contribution < 1.29 is 9.90 Å². The quantitative estimate of drug-likeness (QED) is 0.276. The maximum absolute atomic E-state index is 10.5. The van der Waals surface area contributed by atoms with Gasteiger partial charge in [0.1, 0.15) is 0 Å². The average Bonchev–Trinajstić information content (AvgIpc) is 2.05. The Morgan fingerprint density at radius 2 is 2.58 bits per heavy atom. The van der Waals surface area contributed by atoms with E-state index in [2.05, 4.69) is 10.0 Å². The lowest BCUT2D eigenvalue weighted by Crippen LogP contribution is -2.37. The number of carboxylic acid groups (broad SMARTS) is 1. The van der Waals surface area contributed by atoms with E-state index in [-0.39, 0.29) is 12.6 Å². The van der Waals surface area contributed by atoms with Gasteiger partial charge in [-0.15, -0.1) is 0 Å². The molecule has 1 unspecified atom stereocenters. The molecule has 0 fully saturated rings. The molecule has 1 amide bonds. The molecule has 1 N–H and O–H groups in total. The third kappa shape index (κ3) is 1.90. The summed E-state index contributed by atoms with van der Waals surface area (Å²) in [5, 5.41) is 12.0. The van der Waals surface area contributed by atoms with Gasteiger partial charge < -0.3 is 10.0 Å². The van der Waals surface area contributed by atoms with Crippen LogP contribution in [-0.2, 0) is 0 Å². The van der Waals surface area contributed by atoms with E-state index in [0.29, 0.717) is 6.54 Å². The van der Waals surface area contributed by atoms with Crippen LogP contribution in [0.5, 0.6) is 0 Å². The molecule has 0 saturated heterocycles. The molecule has 0 spiro atoms. The van der Waals surface area contributed by atoms with E-state index >= 15 is 0 Å². The van der Waals surface area contributed by atoms with Gasteiger partial charge in [-0.1, -0.05) is 17.3 Å². The van der Waals surface area contributed by atoms with Crippen molar-refractivity contribution in [3.8, 4) is 0 Å². The van der Waals surface area contributed by atoms with E-state index in [1.165, 1.54) is 4.90 Å². The summed E-state index contributed by atoms with van der Waals surface area (Å²) in [4.78, 5) is 14.3. The van der Waals surface area contributed by atoms with Crippen molar-refractivity contribution in [1.29, 1.82) is 0 Å². The van der Waals surface area contributed by atoms with E-state index in [9.17, 15) is 4.79 Å². The van der Waals surface area contributed by atoms with Gasteiger partial charge in [0.05, 0.1) is 6.04 Å². The SMILES string of the molecule is [N-]=[N+]=NC1C=CCN(C(=O)O)C1. The number of hydrogen-bond acceptors (Lipinski definition) is 2. The third-order valence-electron chi connectivity index (χ3n) is 1.56. The van der Waals surface area contributed by atoms with E-state index in [0.717, 1.165) is 0 Å². The summed E-state index contributed by atoms with van der Waals surface area (Å²) in [5.74, 6) is 0. The molecule has 0 radical (unpaired) electrons. The highest BCUT2D eigenvalue weighted by Crippen LogP contribution is 2.05. The molecule has 0 saturated carbocycles. The topological polar surface area (TPSA) is 89.3 Å². The Bertz CT molecular complexity index is 256. The lowest BCUT2D eigenvalue weighted by molar-refractivity contribution is 0.147. The van der Waals surface area contributed by atoms with Gasteiger partial charge in [0.25, 0.3) is 0 Å². The van der Waals surface area contributed by atoms with Crippen LogP contribution < -0.4 is 0 Å². The number of hydrogen-bond donors (Lipinski definition) is 1. The maximum atomic E-state index is 10.5. The largest absolute Gasteiger partial charge is 0.465 e. The number of nitrogens with zero attached hydrogens (tertiary/aromatic N) is 4. The lowest BCUT2D eigenvalue weighted by atomic mass is 10.2. The van der Waals surface area contributed by atoms with Gasteiger partial charge in [-0.3, -0.25) is 0 Å². The fourth-order valence-electron chi connectivity index (χ4n) is 1.00. The second-order valence-electron chi connectivity index (χ2n) is 2.39.